The minimum Gasteiger partial charge on any atom is -0.469 e. The molecule has 2 fully saturated rings. The maximum atomic E-state index is 10.8. The number of esters is 1. The highest BCUT2D eigenvalue weighted by Gasteiger charge is 2.66. The van der Waals surface area contributed by atoms with Crippen molar-refractivity contribution in [3.8, 4) is 0 Å². The number of hydrogen-bond acceptors (Lipinski definition) is 2. The van der Waals surface area contributed by atoms with Crippen molar-refractivity contribution in [2.24, 2.45) is 11.3 Å². The van der Waals surface area contributed by atoms with Gasteiger partial charge < -0.3 is 4.74 Å². The predicted octanol–water partition coefficient (Wildman–Crippen LogP) is 0.959. The Hall–Kier alpha value is -0.530. The average Bonchev–Trinajstić information content (AvgIpc) is 2.74. The maximum absolute atomic E-state index is 10.8. The lowest BCUT2D eigenvalue weighted by Gasteiger charge is -1.92. The molecule has 0 N–H and O–H groups in total. The Balaban J connectivity index is 1.96. The van der Waals surface area contributed by atoms with E-state index in [1.165, 1.54) is 20.0 Å². The van der Waals surface area contributed by atoms with Crippen LogP contribution in [0, 0.1) is 11.3 Å². The van der Waals surface area contributed by atoms with Crippen molar-refractivity contribution in [3.63, 3.8) is 0 Å². The first-order chi connectivity index (χ1) is 4.28. The van der Waals surface area contributed by atoms with E-state index < -0.39 is 0 Å². The highest BCUT2D eigenvalue weighted by molar-refractivity contribution is 5.77. The zero-order valence-corrected chi connectivity index (χ0v) is 5.52. The summed E-state index contributed by atoms with van der Waals surface area (Å²) < 4.78 is 4.61. The number of methoxy groups -OCH3 is 1. The molecule has 0 amide bonds. The van der Waals surface area contributed by atoms with Gasteiger partial charge in [0.15, 0.2) is 0 Å². The monoisotopic (exact) mass is 126 g/mol. The smallest absolute Gasteiger partial charge is 0.309 e. The molecule has 0 aromatic rings. The van der Waals surface area contributed by atoms with E-state index in [0.717, 1.165) is 6.42 Å². The van der Waals surface area contributed by atoms with E-state index in [9.17, 15) is 4.79 Å². The molecule has 2 aliphatic rings. The van der Waals surface area contributed by atoms with Crippen LogP contribution in [0.25, 0.3) is 0 Å². The molecule has 0 aromatic carbocycles. The van der Waals surface area contributed by atoms with Gasteiger partial charge in [0.1, 0.15) is 0 Å². The van der Waals surface area contributed by atoms with Crippen LogP contribution in [0.2, 0.25) is 0 Å². The van der Waals surface area contributed by atoms with E-state index in [1.807, 2.05) is 0 Å². The van der Waals surface area contributed by atoms with Crippen LogP contribution in [0.15, 0.2) is 0 Å². The Morgan fingerprint density at radius 2 is 2.33 bits per heavy atom. The average molecular weight is 126 g/mol. The van der Waals surface area contributed by atoms with Gasteiger partial charge in [-0.25, -0.2) is 0 Å². The third-order valence-corrected chi connectivity index (χ3v) is 2.57. The molecule has 2 heteroatoms. The SMILES string of the molecule is COC(=O)C1CC12CC2. The minimum atomic E-state index is 0.00694. The number of carbonyl (C=O) groups is 1. The summed E-state index contributed by atoms with van der Waals surface area (Å²) >= 11 is 0. The molecule has 0 saturated heterocycles. The standard InChI is InChI=1S/C7H10O2/c1-9-6(8)5-4-7(5)2-3-7/h5H,2-4H2,1H3. The molecule has 1 atom stereocenters. The van der Waals surface area contributed by atoms with Crippen LogP contribution in [0.1, 0.15) is 19.3 Å². The molecule has 2 nitrogen and oxygen atoms in total. The molecule has 0 bridgehead atoms. The lowest BCUT2D eigenvalue weighted by atomic mass is 10.3. The van der Waals surface area contributed by atoms with Crippen LogP contribution in [0.3, 0.4) is 0 Å². The second-order valence-electron chi connectivity index (χ2n) is 3.14. The van der Waals surface area contributed by atoms with Gasteiger partial charge in [0.25, 0.3) is 0 Å². The summed E-state index contributed by atoms with van der Waals surface area (Å²) in [5, 5.41) is 0. The van der Waals surface area contributed by atoms with Gasteiger partial charge in [-0.1, -0.05) is 0 Å². The fourth-order valence-electron chi connectivity index (χ4n) is 1.54. The molecule has 0 aromatic heterocycles. The second-order valence-corrected chi connectivity index (χ2v) is 3.14. The summed E-state index contributed by atoms with van der Waals surface area (Å²) in [6.07, 6.45) is 3.61. The van der Waals surface area contributed by atoms with E-state index in [0.29, 0.717) is 5.41 Å². The number of ether oxygens (including phenoxy) is 1. The molecule has 2 rings (SSSR count). The van der Waals surface area contributed by atoms with Crippen LogP contribution in [-0.4, -0.2) is 13.1 Å². The van der Waals surface area contributed by atoms with Crippen LogP contribution in [-0.2, 0) is 9.53 Å². The molecule has 2 aliphatic carbocycles. The number of hydrogen-bond donors (Lipinski definition) is 0. The lowest BCUT2D eigenvalue weighted by molar-refractivity contribution is -0.142. The topological polar surface area (TPSA) is 26.3 Å². The van der Waals surface area contributed by atoms with E-state index in [2.05, 4.69) is 4.74 Å². The summed E-state index contributed by atoms with van der Waals surface area (Å²) in [5.41, 5.74) is 0.465. The van der Waals surface area contributed by atoms with Gasteiger partial charge in [-0.3, -0.25) is 4.79 Å². The fourth-order valence-corrected chi connectivity index (χ4v) is 1.54. The Bertz CT molecular complexity index is 158. The molecule has 0 aliphatic heterocycles. The molecule has 1 spiro atoms. The third-order valence-electron chi connectivity index (χ3n) is 2.57. The Morgan fingerprint density at radius 3 is 2.67 bits per heavy atom. The summed E-state index contributed by atoms with van der Waals surface area (Å²) in [4.78, 5) is 10.8. The van der Waals surface area contributed by atoms with E-state index in [-0.39, 0.29) is 11.9 Å². The molecular formula is C7H10O2. The highest BCUT2D eigenvalue weighted by Crippen LogP contribution is 2.70. The van der Waals surface area contributed by atoms with Crippen molar-refractivity contribution in [2.45, 2.75) is 19.3 Å². The summed E-state index contributed by atoms with van der Waals surface area (Å²) in [7, 11) is 1.47. The van der Waals surface area contributed by atoms with Crippen molar-refractivity contribution in [2.75, 3.05) is 7.11 Å². The van der Waals surface area contributed by atoms with Crippen molar-refractivity contribution in [3.05, 3.63) is 0 Å². The molecule has 2 saturated carbocycles. The number of rotatable bonds is 1. The van der Waals surface area contributed by atoms with Gasteiger partial charge in [-0.2, -0.15) is 0 Å². The van der Waals surface area contributed by atoms with E-state index >= 15 is 0 Å². The van der Waals surface area contributed by atoms with Crippen molar-refractivity contribution >= 4 is 5.97 Å². The minimum absolute atomic E-state index is 0.00694. The van der Waals surface area contributed by atoms with Gasteiger partial charge in [-0.05, 0) is 24.7 Å². The van der Waals surface area contributed by atoms with Gasteiger partial charge in [0.2, 0.25) is 0 Å². The zero-order valence-electron chi connectivity index (χ0n) is 5.52. The van der Waals surface area contributed by atoms with E-state index in [1.54, 1.807) is 0 Å². The van der Waals surface area contributed by atoms with Crippen molar-refractivity contribution in [1.29, 1.82) is 0 Å². The molecule has 50 valence electrons. The Kier molecular flexibility index (Phi) is 0.765. The Morgan fingerprint density at radius 1 is 1.67 bits per heavy atom. The first kappa shape index (κ1) is 5.27. The summed E-state index contributed by atoms with van der Waals surface area (Å²) in [6, 6.07) is 0. The quantitative estimate of drug-likeness (QED) is 0.489. The summed E-state index contributed by atoms with van der Waals surface area (Å²) in [6.45, 7) is 0. The summed E-state index contributed by atoms with van der Waals surface area (Å²) in [5.74, 6) is 0.287. The van der Waals surface area contributed by atoms with Gasteiger partial charge in [0.05, 0.1) is 13.0 Å². The highest BCUT2D eigenvalue weighted by atomic mass is 16.5. The largest absolute Gasteiger partial charge is 0.469 e. The molecule has 1 unspecified atom stereocenters. The van der Waals surface area contributed by atoms with Crippen LogP contribution in [0.4, 0.5) is 0 Å². The third kappa shape index (κ3) is 0.590. The van der Waals surface area contributed by atoms with Gasteiger partial charge in [-0.15, -0.1) is 0 Å². The van der Waals surface area contributed by atoms with Gasteiger partial charge in [0, 0.05) is 0 Å². The van der Waals surface area contributed by atoms with Crippen LogP contribution >= 0.6 is 0 Å². The lowest BCUT2D eigenvalue weighted by Crippen LogP contribution is -2.03. The first-order valence-electron chi connectivity index (χ1n) is 3.36. The molecule has 0 radical (unpaired) electrons. The van der Waals surface area contributed by atoms with E-state index in [4.69, 9.17) is 0 Å². The van der Waals surface area contributed by atoms with Crippen molar-refractivity contribution in [1.82, 2.24) is 0 Å². The first-order valence-corrected chi connectivity index (χ1v) is 3.36. The normalized spacial score (nSPS) is 34.1. The molecule has 9 heavy (non-hydrogen) atoms. The predicted molar refractivity (Wildman–Crippen MR) is 31.8 cm³/mol. The fraction of sp³-hybridized carbons (Fsp3) is 0.857. The number of carbonyl (C=O) groups excluding carboxylic acids is 1. The Labute approximate surface area is 54.2 Å². The van der Waals surface area contributed by atoms with Gasteiger partial charge >= 0.3 is 5.97 Å². The second kappa shape index (κ2) is 1.31. The van der Waals surface area contributed by atoms with Crippen LogP contribution < -0.4 is 0 Å². The zero-order chi connectivity index (χ0) is 6.48. The molecular weight excluding hydrogens is 116 g/mol. The maximum Gasteiger partial charge on any atom is 0.309 e. The van der Waals surface area contributed by atoms with Crippen LogP contribution in [0.5, 0.6) is 0 Å². The molecule has 0 heterocycles. The van der Waals surface area contributed by atoms with Crippen molar-refractivity contribution < 1.29 is 9.53 Å².